The molecule has 0 saturated carbocycles. The number of halogens is 1. The zero-order chi connectivity index (χ0) is 14.5. The number of rotatable bonds is 5. The van der Waals surface area contributed by atoms with Crippen LogP contribution in [0.15, 0.2) is 36.7 Å². The highest BCUT2D eigenvalue weighted by Gasteiger charge is 2.19. The maximum Gasteiger partial charge on any atom is 0.330 e. The second-order valence-electron chi connectivity index (χ2n) is 3.87. The molecule has 6 nitrogen and oxygen atoms in total. The predicted octanol–water partition coefficient (Wildman–Crippen LogP) is 3.23. The molecule has 0 aliphatic rings. The molecule has 0 radical (unpaired) electrons. The Morgan fingerprint density at radius 1 is 1.40 bits per heavy atom. The van der Waals surface area contributed by atoms with Crippen molar-refractivity contribution >= 4 is 17.3 Å². The summed E-state index contributed by atoms with van der Waals surface area (Å²) in [4.78, 5) is 14.0. The summed E-state index contributed by atoms with van der Waals surface area (Å²) in [6.45, 7) is 0.141. The molecule has 2 aromatic rings. The van der Waals surface area contributed by atoms with Crippen molar-refractivity contribution in [2.24, 2.45) is 0 Å². The van der Waals surface area contributed by atoms with Gasteiger partial charge in [0.05, 0.1) is 12.0 Å². The Balaban J connectivity index is 2.20. The van der Waals surface area contributed by atoms with Crippen molar-refractivity contribution in [3.8, 4) is 11.5 Å². The van der Waals surface area contributed by atoms with E-state index in [2.05, 4.69) is 4.98 Å². The second kappa shape index (κ2) is 6.21. The molecule has 1 aromatic carbocycles. The highest BCUT2D eigenvalue weighted by Crippen LogP contribution is 2.33. The van der Waals surface area contributed by atoms with Gasteiger partial charge >= 0.3 is 5.69 Å². The molecule has 0 fully saturated rings. The van der Waals surface area contributed by atoms with E-state index in [9.17, 15) is 10.1 Å². The Labute approximate surface area is 120 Å². The molecule has 0 aliphatic carbocycles. The van der Waals surface area contributed by atoms with Crippen molar-refractivity contribution in [1.82, 2.24) is 4.98 Å². The normalized spacial score (nSPS) is 10.1. The van der Waals surface area contributed by atoms with E-state index in [-0.39, 0.29) is 23.1 Å². The Bertz CT molecular complexity index is 634. The van der Waals surface area contributed by atoms with Gasteiger partial charge in [-0.2, -0.15) is 0 Å². The van der Waals surface area contributed by atoms with Crippen molar-refractivity contribution in [2.45, 2.75) is 6.61 Å². The minimum absolute atomic E-state index is 0.00878. The van der Waals surface area contributed by atoms with Crippen LogP contribution in [0.4, 0.5) is 5.69 Å². The van der Waals surface area contributed by atoms with E-state index in [0.717, 1.165) is 11.8 Å². The topological polar surface area (TPSA) is 74.5 Å². The third-order valence-electron chi connectivity index (χ3n) is 2.55. The Morgan fingerprint density at radius 3 is 2.90 bits per heavy atom. The lowest BCUT2D eigenvalue weighted by Crippen LogP contribution is -2.00. The number of aromatic nitrogens is 1. The molecule has 104 valence electrons. The van der Waals surface area contributed by atoms with Gasteiger partial charge in [-0.3, -0.25) is 15.1 Å². The van der Waals surface area contributed by atoms with Gasteiger partial charge in [0, 0.05) is 6.20 Å². The monoisotopic (exact) mass is 294 g/mol. The smallest absolute Gasteiger partial charge is 0.330 e. The Morgan fingerprint density at radius 2 is 2.20 bits per heavy atom. The van der Waals surface area contributed by atoms with E-state index in [0.29, 0.717) is 5.75 Å². The standard InChI is InChI=1S/C13H11ClN2O4/c1-19-10-4-2-3-9(5-10)8-20-13-11(14)6-15-7-12(13)16(17)18/h2-7H,8H2,1H3. The first kappa shape index (κ1) is 14.1. The quantitative estimate of drug-likeness (QED) is 0.625. The molecule has 0 unspecified atom stereocenters. The van der Waals surface area contributed by atoms with Crippen LogP contribution in [0.1, 0.15) is 5.56 Å². The third-order valence-corrected chi connectivity index (χ3v) is 2.82. The average Bonchev–Trinajstić information content (AvgIpc) is 2.45. The van der Waals surface area contributed by atoms with Gasteiger partial charge in [-0.05, 0) is 17.7 Å². The van der Waals surface area contributed by atoms with Crippen LogP contribution in [0.2, 0.25) is 5.02 Å². The number of hydrogen-bond acceptors (Lipinski definition) is 5. The van der Waals surface area contributed by atoms with Crippen LogP contribution in [0.5, 0.6) is 11.5 Å². The van der Waals surface area contributed by atoms with E-state index >= 15 is 0 Å². The summed E-state index contributed by atoms with van der Waals surface area (Å²) >= 11 is 5.88. The summed E-state index contributed by atoms with van der Waals surface area (Å²) < 4.78 is 10.5. The Hall–Kier alpha value is -2.34. The highest BCUT2D eigenvalue weighted by molar-refractivity contribution is 6.32. The van der Waals surface area contributed by atoms with Crippen LogP contribution < -0.4 is 9.47 Å². The summed E-state index contributed by atoms with van der Waals surface area (Å²) in [7, 11) is 1.56. The lowest BCUT2D eigenvalue weighted by atomic mass is 10.2. The molecule has 0 N–H and O–H groups in total. The van der Waals surface area contributed by atoms with Crippen LogP contribution in [0.25, 0.3) is 0 Å². The molecule has 0 spiro atoms. The number of nitrogens with zero attached hydrogens (tertiary/aromatic N) is 2. The first-order chi connectivity index (χ1) is 9.61. The molecule has 2 rings (SSSR count). The lowest BCUT2D eigenvalue weighted by molar-refractivity contribution is -0.386. The largest absolute Gasteiger partial charge is 0.497 e. The van der Waals surface area contributed by atoms with Crippen molar-refractivity contribution < 1.29 is 14.4 Å². The average molecular weight is 295 g/mol. The van der Waals surface area contributed by atoms with E-state index in [1.54, 1.807) is 25.3 Å². The van der Waals surface area contributed by atoms with Crippen molar-refractivity contribution in [2.75, 3.05) is 7.11 Å². The Kier molecular flexibility index (Phi) is 4.37. The number of pyridine rings is 1. The zero-order valence-corrected chi connectivity index (χ0v) is 11.3. The van der Waals surface area contributed by atoms with Gasteiger partial charge in [-0.1, -0.05) is 23.7 Å². The number of hydrogen-bond donors (Lipinski definition) is 0. The number of nitro groups is 1. The molecule has 0 aliphatic heterocycles. The maximum absolute atomic E-state index is 10.9. The van der Waals surface area contributed by atoms with Gasteiger partial charge in [0.2, 0.25) is 5.75 Å². The van der Waals surface area contributed by atoms with Crippen LogP contribution in [0, 0.1) is 10.1 Å². The second-order valence-corrected chi connectivity index (χ2v) is 4.27. The van der Waals surface area contributed by atoms with Crippen LogP contribution >= 0.6 is 11.6 Å². The predicted molar refractivity (Wildman–Crippen MR) is 73.2 cm³/mol. The fourth-order valence-corrected chi connectivity index (χ4v) is 1.81. The summed E-state index contributed by atoms with van der Waals surface area (Å²) in [5.74, 6) is 0.691. The van der Waals surface area contributed by atoms with Crippen LogP contribution in [-0.4, -0.2) is 17.0 Å². The van der Waals surface area contributed by atoms with Gasteiger partial charge < -0.3 is 9.47 Å². The molecule has 7 heteroatoms. The van der Waals surface area contributed by atoms with Gasteiger partial charge in [0.15, 0.2) is 0 Å². The van der Waals surface area contributed by atoms with Gasteiger partial charge in [-0.25, -0.2) is 0 Å². The zero-order valence-electron chi connectivity index (χ0n) is 10.6. The summed E-state index contributed by atoms with van der Waals surface area (Å²) in [5.41, 5.74) is 0.548. The maximum atomic E-state index is 10.9. The van der Waals surface area contributed by atoms with Crippen LogP contribution in [0.3, 0.4) is 0 Å². The third kappa shape index (κ3) is 3.16. The SMILES string of the molecule is COc1cccc(COc2c(Cl)cncc2[N+](=O)[O-])c1. The molecular weight excluding hydrogens is 284 g/mol. The van der Waals surface area contributed by atoms with Gasteiger partial charge in [0.25, 0.3) is 0 Å². The van der Waals surface area contributed by atoms with E-state index in [1.165, 1.54) is 6.20 Å². The fourth-order valence-electron chi connectivity index (χ4n) is 1.60. The summed E-state index contributed by atoms with van der Waals surface area (Å²) in [6.07, 6.45) is 2.41. The van der Waals surface area contributed by atoms with E-state index in [1.807, 2.05) is 6.07 Å². The highest BCUT2D eigenvalue weighted by atomic mass is 35.5. The molecule has 0 bridgehead atoms. The number of benzene rings is 1. The minimum atomic E-state index is -0.584. The number of ether oxygens (including phenoxy) is 2. The van der Waals surface area contributed by atoms with Crippen molar-refractivity contribution in [3.63, 3.8) is 0 Å². The molecular formula is C13H11ClN2O4. The molecule has 20 heavy (non-hydrogen) atoms. The lowest BCUT2D eigenvalue weighted by Gasteiger charge is -2.09. The van der Waals surface area contributed by atoms with Gasteiger partial charge in [0.1, 0.15) is 23.6 Å². The van der Waals surface area contributed by atoms with Crippen molar-refractivity contribution in [3.05, 3.63) is 57.4 Å². The van der Waals surface area contributed by atoms with Crippen molar-refractivity contribution in [1.29, 1.82) is 0 Å². The van der Waals surface area contributed by atoms with E-state index < -0.39 is 4.92 Å². The van der Waals surface area contributed by atoms with Crippen LogP contribution in [-0.2, 0) is 6.61 Å². The summed E-state index contributed by atoms with van der Waals surface area (Å²) in [6, 6.07) is 7.20. The fraction of sp³-hybridized carbons (Fsp3) is 0.154. The molecule has 1 aromatic heterocycles. The molecule has 0 atom stereocenters. The van der Waals surface area contributed by atoms with Gasteiger partial charge in [-0.15, -0.1) is 0 Å². The van der Waals surface area contributed by atoms with E-state index in [4.69, 9.17) is 21.1 Å². The first-order valence-corrected chi connectivity index (χ1v) is 6.03. The first-order valence-electron chi connectivity index (χ1n) is 5.65. The molecule has 0 saturated heterocycles. The molecule has 0 amide bonds. The summed E-state index contributed by atoms with van der Waals surface area (Å²) in [5, 5.41) is 11.0. The number of methoxy groups -OCH3 is 1. The molecule has 1 heterocycles. The minimum Gasteiger partial charge on any atom is -0.497 e.